The van der Waals surface area contributed by atoms with Crippen LogP contribution < -0.4 is 16.0 Å². The Morgan fingerprint density at radius 3 is 2.54 bits per heavy atom. The van der Waals surface area contributed by atoms with E-state index in [1.165, 1.54) is 0 Å². The van der Waals surface area contributed by atoms with E-state index in [1.807, 2.05) is 48.7 Å². The number of aliphatic imine (C=N–C) groups is 1. The van der Waals surface area contributed by atoms with Gasteiger partial charge in [0.1, 0.15) is 5.75 Å². The minimum Gasteiger partial charge on any atom is -0.497 e. The lowest BCUT2D eigenvalue weighted by Gasteiger charge is -2.15. The topological polar surface area (TPSA) is 69.6 Å². The average molecular weight is 394 g/mol. The first kappa shape index (κ1) is 18.5. The summed E-state index contributed by atoms with van der Waals surface area (Å²) >= 11 is 6.08. The molecule has 1 aliphatic rings. The molecule has 0 amide bonds. The molecular weight excluding hydrogens is 374 g/mol. The van der Waals surface area contributed by atoms with Crippen LogP contribution in [0.25, 0.3) is 11.1 Å². The predicted molar refractivity (Wildman–Crippen MR) is 113 cm³/mol. The Balaban J connectivity index is 2.06. The van der Waals surface area contributed by atoms with Crippen LogP contribution in [0.1, 0.15) is 22.7 Å². The van der Waals surface area contributed by atoms with E-state index in [2.05, 4.69) is 0 Å². The third-order valence-electron chi connectivity index (χ3n) is 5.02. The number of pyridine rings is 1. The number of benzene rings is 2. The van der Waals surface area contributed by atoms with Gasteiger partial charge in [0.15, 0.2) is 0 Å². The minimum atomic E-state index is -0.326. The molecule has 4 rings (SSSR count). The maximum atomic E-state index is 12.3. The summed E-state index contributed by atoms with van der Waals surface area (Å²) in [5, 5.41) is 0.658. The standard InChI is InChI=1S/C22H20ClN3O2/c1-26-12-19-16-8-7-15(28-2)9-18(16)22(13-3-5-14(23)6-4-13)25-20(11-24)17(19)10-21(26)27/h3-10,12,20H,11,24H2,1-2H3. The van der Waals surface area contributed by atoms with Crippen molar-refractivity contribution in [3.8, 4) is 16.9 Å². The lowest BCUT2D eigenvalue weighted by molar-refractivity contribution is 0.415. The Kier molecular flexibility index (Phi) is 4.79. The van der Waals surface area contributed by atoms with Gasteiger partial charge in [0, 0.05) is 47.6 Å². The summed E-state index contributed by atoms with van der Waals surface area (Å²) in [5.74, 6) is 0.734. The van der Waals surface area contributed by atoms with Gasteiger partial charge in [-0.05, 0) is 41.5 Å². The number of hydrogen-bond acceptors (Lipinski definition) is 4. The molecule has 28 heavy (non-hydrogen) atoms. The highest BCUT2D eigenvalue weighted by Crippen LogP contribution is 2.38. The average Bonchev–Trinajstić information content (AvgIpc) is 2.83. The zero-order chi connectivity index (χ0) is 19.8. The van der Waals surface area contributed by atoms with Crippen LogP contribution >= 0.6 is 11.6 Å². The second-order valence-electron chi connectivity index (χ2n) is 6.74. The first-order valence-electron chi connectivity index (χ1n) is 8.95. The molecule has 1 atom stereocenters. The monoisotopic (exact) mass is 393 g/mol. The van der Waals surface area contributed by atoms with Crippen LogP contribution in [0.4, 0.5) is 0 Å². The number of aromatic nitrogens is 1. The Morgan fingerprint density at radius 2 is 1.86 bits per heavy atom. The molecule has 2 aromatic carbocycles. The number of methoxy groups -OCH3 is 1. The van der Waals surface area contributed by atoms with Gasteiger partial charge in [-0.15, -0.1) is 0 Å². The smallest absolute Gasteiger partial charge is 0.250 e. The minimum absolute atomic E-state index is 0.0857. The van der Waals surface area contributed by atoms with Gasteiger partial charge in [0.25, 0.3) is 5.56 Å². The van der Waals surface area contributed by atoms with E-state index in [0.29, 0.717) is 11.6 Å². The molecule has 1 aliphatic heterocycles. The normalized spacial score (nSPS) is 15.3. The molecule has 3 aromatic rings. The molecule has 0 aliphatic carbocycles. The molecule has 0 fully saturated rings. The number of halogens is 1. The van der Waals surface area contributed by atoms with Crippen molar-refractivity contribution in [2.24, 2.45) is 17.8 Å². The summed E-state index contributed by atoms with van der Waals surface area (Å²) in [6, 6.07) is 14.7. The van der Waals surface area contributed by atoms with Gasteiger partial charge in [0.05, 0.1) is 18.9 Å². The second kappa shape index (κ2) is 7.26. The molecule has 0 saturated heterocycles. The fourth-order valence-electron chi connectivity index (χ4n) is 3.54. The van der Waals surface area contributed by atoms with E-state index >= 15 is 0 Å². The van der Waals surface area contributed by atoms with Gasteiger partial charge >= 0.3 is 0 Å². The first-order chi connectivity index (χ1) is 13.5. The number of aryl methyl sites for hydroxylation is 1. The van der Waals surface area contributed by atoms with E-state index in [1.54, 1.807) is 24.8 Å². The zero-order valence-electron chi connectivity index (χ0n) is 15.6. The van der Waals surface area contributed by atoms with Crippen molar-refractivity contribution in [1.82, 2.24) is 4.57 Å². The molecule has 5 nitrogen and oxygen atoms in total. The van der Waals surface area contributed by atoms with Gasteiger partial charge in [0.2, 0.25) is 0 Å². The molecule has 2 heterocycles. The van der Waals surface area contributed by atoms with Crippen LogP contribution in [-0.2, 0) is 7.05 Å². The number of fused-ring (bicyclic) bond motifs is 3. The van der Waals surface area contributed by atoms with E-state index in [0.717, 1.165) is 39.3 Å². The maximum absolute atomic E-state index is 12.3. The Hall–Kier alpha value is -2.89. The van der Waals surface area contributed by atoms with Crippen LogP contribution in [0.3, 0.4) is 0 Å². The van der Waals surface area contributed by atoms with Gasteiger partial charge < -0.3 is 15.0 Å². The van der Waals surface area contributed by atoms with Crippen molar-refractivity contribution < 1.29 is 4.74 Å². The number of hydrogen-bond donors (Lipinski definition) is 1. The summed E-state index contributed by atoms with van der Waals surface area (Å²) in [4.78, 5) is 17.3. The molecule has 0 radical (unpaired) electrons. The Labute approximate surface area is 168 Å². The summed E-state index contributed by atoms with van der Waals surface area (Å²) in [7, 11) is 3.38. The molecule has 0 spiro atoms. The number of ether oxygens (including phenoxy) is 1. The third-order valence-corrected chi connectivity index (χ3v) is 5.27. The lowest BCUT2D eigenvalue weighted by atomic mass is 9.92. The summed E-state index contributed by atoms with van der Waals surface area (Å²) in [6.07, 6.45) is 1.85. The summed E-state index contributed by atoms with van der Waals surface area (Å²) in [5.41, 5.74) is 11.4. The van der Waals surface area contributed by atoms with E-state index < -0.39 is 0 Å². The highest BCUT2D eigenvalue weighted by molar-refractivity contribution is 6.30. The van der Waals surface area contributed by atoms with Crippen LogP contribution in [0.15, 0.2) is 64.5 Å². The Bertz CT molecular complexity index is 1130. The van der Waals surface area contributed by atoms with Crippen molar-refractivity contribution >= 4 is 17.3 Å². The highest BCUT2D eigenvalue weighted by atomic mass is 35.5. The third kappa shape index (κ3) is 3.13. The Morgan fingerprint density at radius 1 is 1.11 bits per heavy atom. The molecule has 2 N–H and O–H groups in total. The highest BCUT2D eigenvalue weighted by Gasteiger charge is 2.25. The second-order valence-corrected chi connectivity index (χ2v) is 7.18. The van der Waals surface area contributed by atoms with Crippen LogP contribution in [0, 0.1) is 0 Å². The zero-order valence-corrected chi connectivity index (χ0v) is 16.4. The van der Waals surface area contributed by atoms with Crippen molar-refractivity contribution in [3.05, 3.63) is 86.8 Å². The van der Waals surface area contributed by atoms with Crippen LogP contribution in [0.2, 0.25) is 5.02 Å². The summed E-state index contributed by atoms with van der Waals surface area (Å²) in [6.45, 7) is 0.294. The van der Waals surface area contributed by atoms with Crippen LogP contribution in [0.5, 0.6) is 5.75 Å². The van der Waals surface area contributed by atoms with Gasteiger partial charge in [-0.25, -0.2) is 0 Å². The number of nitrogens with zero attached hydrogens (tertiary/aromatic N) is 2. The van der Waals surface area contributed by atoms with E-state index in [4.69, 9.17) is 27.1 Å². The van der Waals surface area contributed by atoms with Crippen molar-refractivity contribution in [2.45, 2.75) is 6.04 Å². The van der Waals surface area contributed by atoms with Gasteiger partial charge in [-0.3, -0.25) is 9.79 Å². The van der Waals surface area contributed by atoms with Gasteiger partial charge in [-0.2, -0.15) is 0 Å². The fourth-order valence-corrected chi connectivity index (χ4v) is 3.66. The van der Waals surface area contributed by atoms with E-state index in [-0.39, 0.29) is 11.6 Å². The number of nitrogens with two attached hydrogens (primary N) is 1. The molecule has 0 saturated carbocycles. The van der Waals surface area contributed by atoms with Crippen LogP contribution in [-0.4, -0.2) is 23.9 Å². The van der Waals surface area contributed by atoms with Crippen molar-refractivity contribution in [2.75, 3.05) is 13.7 Å². The fraction of sp³-hybridized carbons (Fsp3) is 0.182. The molecule has 1 unspecified atom stereocenters. The maximum Gasteiger partial charge on any atom is 0.250 e. The molecule has 1 aromatic heterocycles. The number of rotatable bonds is 3. The molecular formula is C22H20ClN3O2. The largest absolute Gasteiger partial charge is 0.497 e. The lowest BCUT2D eigenvalue weighted by Crippen LogP contribution is -2.20. The van der Waals surface area contributed by atoms with Crippen molar-refractivity contribution in [3.63, 3.8) is 0 Å². The first-order valence-corrected chi connectivity index (χ1v) is 9.32. The van der Waals surface area contributed by atoms with E-state index in [9.17, 15) is 4.79 Å². The SMILES string of the molecule is COc1ccc2c(c1)C(c1ccc(Cl)cc1)=NC(CN)c1cc(=O)n(C)cc1-2. The summed E-state index contributed by atoms with van der Waals surface area (Å²) < 4.78 is 7.03. The molecule has 6 heteroatoms. The van der Waals surface area contributed by atoms with Gasteiger partial charge in [-0.1, -0.05) is 23.7 Å². The molecule has 142 valence electrons. The quantitative estimate of drug-likeness (QED) is 0.739. The predicted octanol–water partition coefficient (Wildman–Crippen LogP) is 3.57. The van der Waals surface area contributed by atoms with Crippen molar-refractivity contribution in [1.29, 1.82) is 0 Å². The molecule has 0 bridgehead atoms.